The Hall–Kier alpha value is -1.20. The molecule has 0 unspecified atom stereocenters. The van der Waals surface area contributed by atoms with E-state index in [1.54, 1.807) is 7.05 Å². The van der Waals surface area contributed by atoms with Crippen LogP contribution in [0, 0.1) is 17.3 Å². The normalized spacial score (nSPS) is 42.5. The van der Waals surface area contributed by atoms with E-state index < -0.39 is 6.10 Å². The van der Waals surface area contributed by atoms with Crippen LogP contribution in [0.4, 0.5) is 0 Å². The van der Waals surface area contributed by atoms with E-state index in [1.807, 2.05) is 0 Å². The molecule has 4 fully saturated rings. The molecule has 3 aliphatic heterocycles. The summed E-state index contributed by atoms with van der Waals surface area (Å²) in [7, 11) is 1.58. The molecule has 6 heteroatoms. The van der Waals surface area contributed by atoms with Crippen molar-refractivity contribution >= 4 is 31.2 Å². The molecule has 0 aromatic heterocycles. The Morgan fingerprint density at radius 1 is 1.07 bits per heavy atom. The van der Waals surface area contributed by atoms with Gasteiger partial charge in [0.2, 0.25) is 0 Å². The van der Waals surface area contributed by atoms with E-state index in [0.717, 1.165) is 6.42 Å². The van der Waals surface area contributed by atoms with E-state index in [9.17, 15) is 9.59 Å². The van der Waals surface area contributed by atoms with Crippen molar-refractivity contribution in [2.75, 3.05) is 7.05 Å². The van der Waals surface area contributed by atoms with Gasteiger partial charge in [0.15, 0.2) is 0 Å². The molecule has 2 amide bonds. The van der Waals surface area contributed by atoms with E-state index in [2.05, 4.69) is 56.2 Å². The fourth-order valence-corrected chi connectivity index (χ4v) is 9.25. The molecule has 2 bridgehead atoms. The van der Waals surface area contributed by atoms with Crippen LogP contribution in [-0.4, -0.2) is 61.5 Å². The summed E-state index contributed by atoms with van der Waals surface area (Å²) in [6.07, 6.45) is 1.49. The number of rotatable bonds is 2. The zero-order valence-electron chi connectivity index (χ0n) is 16.2. The number of carbonyl (C=O) groups excluding carboxylic acids is 2. The van der Waals surface area contributed by atoms with Gasteiger partial charge < -0.3 is 0 Å². The number of fused-ring (bicyclic) bond motifs is 6. The number of hydrogen-bond donors (Lipinski definition) is 0. The summed E-state index contributed by atoms with van der Waals surface area (Å²) < 4.78 is 1.41. The molecule has 27 heavy (non-hydrogen) atoms. The number of likely N-dealkylation sites (N-methyl/N-ethyl adjacent to an activating group) is 1. The second-order valence-electron chi connectivity index (χ2n) is 9.14. The van der Waals surface area contributed by atoms with Gasteiger partial charge in [-0.2, -0.15) is 0 Å². The quantitative estimate of drug-likeness (QED) is 0.526. The zero-order valence-corrected chi connectivity index (χ0v) is 17.9. The van der Waals surface area contributed by atoms with Gasteiger partial charge in [-0.3, -0.25) is 0 Å². The molecule has 1 aliphatic carbocycles. The Bertz CT molecular complexity index is 813. The number of carbonyl (C=O) groups is 2. The van der Waals surface area contributed by atoms with Gasteiger partial charge in [-0.05, 0) is 0 Å². The number of hydroxylamine groups is 2. The van der Waals surface area contributed by atoms with Crippen molar-refractivity contribution in [3.05, 3.63) is 30.3 Å². The minimum atomic E-state index is -0.621. The summed E-state index contributed by atoms with van der Waals surface area (Å²) >= 11 is 0.322. The van der Waals surface area contributed by atoms with Crippen LogP contribution in [0.5, 0.6) is 0 Å². The van der Waals surface area contributed by atoms with Gasteiger partial charge in [0, 0.05) is 0 Å². The summed E-state index contributed by atoms with van der Waals surface area (Å²) in [5, 5.41) is 2.12. The van der Waals surface area contributed by atoms with Crippen molar-refractivity contribution in [1.29, 1.82) is 0 Å². The maximum absolute atomic E-state index is 12.7. The monoisotopic (exact) mass is 434 g/mol. The van der Waals surface area contributed by atoms with Crippen molar-refractivity contribution in [2.45, 2.75) is 56.1 Å². The number of amides is 2. The molecule has 1 aromatic rings. The number of hydrogen-bond acceptors (Lipinski definition) is 4. The van der Waals surface area contributed by atoms with Crippen LogP contribution < -0.4 is 4.46 Å². The molecule has 6 atom stereocenters. The molecule has 3 saturated heterocycles. The molecule has 0 N–H and O–H groups in total. The fraction of sp³-hybridized carbons (Fsp3) is 0.619. The Balaban J connectivity index is 1.53. The van der Waals surface area contributed by atoms with Crippen molar-refractivity contribution < 1.29 is 14.4 Å². The fourth-order valence-electron chi connectivity index (χ4n) is 5.87. The van der Waals surface area contributed by atoms with Gasteiger partial charge in [0.25, 0.3) is 0 Å². The first kappa shape index (κ1) is 17.9. The van der Waals surface area contributed by atoms with Crippen molar-refractivity contribution in [3.63, 3.8) is 0 Å². The molecule has 0 spiro atoms. The summed E-state index contributed by atoms with van der Waals surface area (Å²) in [6, 6.07) is 10.7. The third-order valence-electron chi connectivity index (χ3n) is 7.91. The summed E-state index contributed by atoms with van der Waals surface area (Å²) in [4.78, 5) is 33.3. The van der Waals surface area contributed by atoms with E-state index in [-0.39, 0.29) is 34.7 Å². The van der Waals surface area contributed by atoms with E-state index in [0.29, 0.717) is 25.7 Å². The molecule has 144 valence electrons. The first-order valence-electron chi connectivity index (χ1n) is 9.76. The van der Waals surface area contributed by atoms with Crippen molar-refractivity contribution in [1.82, 2.24) is 9.96 Å². The Morgan fingerprint density at radius 2 is 1.78 bits per heavy atom. The molecular formula is C21H26N2O3Se. The molecule has 4 aliphatic rings. The van der Waals surface area contributed by atoms with E-state index >= 15 is 0 Å². The number of nitrogens with zero attached hydrogens (tertiary/aromatic N) is 2. The van der Waals surface area contributed by atoms with Crippen LogP contribution in [0.15, 0.2) is 30.3 Å². The third-order valence-corrected chi connectivity index (χ3v) is 11.0. The first-order chi connectivity index (χ1) is 12.8. The number of imide groups is 1. The van der Waals surface area contributed by atoms with Gasteiger partial charge in [0.05, 0.1) is 0 Å². The minimum absolute atomic E-state index is 0.0241. The molecular weight excluding hydrogens is 407 g/mol. The SMILES string of the molecule is CN1C(=O)[C@H]2[C@H](ON3[C@@H]2C[C@H]2C[C@H]([Se]c4ccccc4)[C@]3(C)C2(C)C)C1=O. The van der Waals surface area contributed by atoms with Crippen molar-refractivity contribution in [3.8, 4) is 0 Å². The average molecular weight is 433 g/mol. The molecule has 5 rings (SSSR count). The van der Waals surface area contributed by atoms with Crippen molar-refractivity contribution in [2.24, 2.45) is 17.3 Å². The summed E-state index contributed by atoms with van der Waals surface area (Å²) in [5.41, 5.74) is -0.0821. The zero-order chi connectivity index (χ0) is 19.1. The van der Waals surface area contributed by atoms with Gasteiger partial charge in [0.1, 0.15) is 0 Å². The number of benzene rings is 1. The van der Waals surface area contributed by atoms with Crippen LogP contribution in [0.1, 0.15) is 33.6 Å². The Labute approximate surface area is 166 Å². The summed E-state index contributed by atoms with van der Waals surface area (Å²) in [5.74, 6) is -0.0222. The van der Waals surface area contributed by atoms with E-state index in [1.165, 1.54) is 15.8 Å². The summed E-state index contributed by atoms with van der Waals surface area (Å²) in [6.45, 7) is 7.01. The predicted octanol–water partition coefficient (Wildman–Crippen LogP) is 1.61. The van der Waals surface area contributed by atoms with E-state index in [4.69, 9.17) is 4.84 Å². The van der Waals surface area contributed by atoms with Crippen LogP contribution in [0.3, 0.4) is 0 Å². The van der Waals surface area contributed by atoms with Gasteiger partial charge in [-0.25, -0.2) is 0 Å². The second-order valence-corrected chi connectivity index (χ2v) is 11.8. The Morgan fingerprint density at radius 3 is 2.48 bits per heavy atom. The number of piperidine rings is 1. The third kappa shape index (κ3) is 2.13. The molecule has 1 aromatic carbocycles. The van der Waals surface area contributed by atoms with Gasteiger partial charge >= 0.3 is 166 Å². The predicted molar refractivity (Wildman–Crippen MR) is 102 cm³/mol. The second kappa shape index (κ2) is 5.66. The standard InChI is InChI=1S/C21H26N2O3Se/c1-20(2)12-10-14-16-17(19(25)22(4)18(16)24)26-23(14)21(20,3)15(11-12)27-13-8-6-5-7-9-13/h5-9,12,14-17H,10-11H2,1-4H3/t12-,14+,15-,16+,17-,21+/m0/s1. The van der Waals surface area contributed by atoms with Crippen LogP contribution in [0.25, 0.3) is 0 Å². The van der Waals surface area contributed by atoms with Gasteiger partial charge in [-0.15, -0.1) is 0 Å². The molecule has 3 heterocycles. The topological polar surface area (TPSA) is 49.9 Å². The van der Waals surface area contributed by atoms with Crippen LogP contribution in [-0.2, 0) is 14.4 Å². The first-order valence-corrected chi connectivity index (χ1v) is 11.6. The van der Waals surface area contributed by atoms with Crippen LogP contribution >= 0.6 is 0 Å². The molecule has 0 radical (unpaired) electrons. The maximum atomic E-state index is 12.7. The van der Waals surface area contributed by atoms with Gasteiger partial charge in [-0.1, -0.05) is 0 Å². The number of likely N-dealkylation sites (tertiary alicyclic amines) is 1. The average Bonchev–Trinajstić information content (AvgIpc) is 3.15. The molecule has 1 saturated carbocycles. The van der Waals surface area contributed by atoms with Crippen LogP contribution in [0.2, 0.25) is 4.82 Å². The molecule has 5 nitrogen and oxygen atoms in total. The Kier molecular flexibility index (Phi) is 3.75.